The summed E-state index contributed by atoms with van der Waals surface area (Å²) in [5.41, 5.74) is 2.08. The number of methoxy groups -OCH3 is 2. The first-order valence-corrected chi connectivity index (χ1v) is 11.1. The molecule has 0 bridgehead atoms. The second kappa shape index (κ2) is 9.54. The number of nitrogens with zero attached hydrogens (tertiary/aromatic N) is 4. The van der Waals surface area contributed by atoms with E-state index in [-0.39, 0.29) is 24.2 Å². The molecular formula is C24H30N4O4. The van der Waals surface area contributed by atoms with Crippen LogP contribution in [-0.4, -0.2) is 72.0 Å². The maximum Gasteiger partial charge on any atom is 0.257 e. The molecule has 0 radical (unpaired) electrons. The summed E-state index contributed by atoms with van der Waals surface area (Å²) in [6.07, 6.45) is 4.81. The van der Waals surface area contributed by atoms with Gasteiger partial charge in [0.15, 0.2) is 0 Å². The maximum absolute atomic E-state index is 13.0. The van der Waals surface area contributed by atoms with E-state index in [1.807, 2.05) is 34.9 Å². The maximum atomic E-state index is 13.0. The van der Waals surface area contributed by atoms with Crippen molar-refractivity contribution in [3.8, 4) is 11.5 Å². The summed E-state index contributed by atoms with van der Waals surface area (Å²) in [4.78, 5) is 38.5. The highest BCUT2D eigenvalue weighted by molar-refractivity contribution is 5.95. The van der Waals surface area contributed by atoms with Crippen LogP contribution in [0.3, 0.4) is 0 Å². The molecule has 0 saturated carbocycles. The number of carbonyl (C=O) groups is 2. The zero-order valence-electron chi connectivity index (χ0n) is 19.0. The van der Waals surface area contributed by atoms with Gasteiger partial charge in [-0.05, 0) is 44.4 Å². The molecule has 2 aromatic rings. The van der Waals surface area contributed by atoms with Gasteiger partial charge >= 0.3 is 0 Å². The van der Waals surface area contributed by atoms with E-state index in [0.717, 1.165) is 37.9 Å². The number of ether oxygens (including phenoxy) is 2. The third kappa shape index (κ3) is 4.54. The highest BCUT2D eigenvalue weighted by Gasteiger charge is 2.30. The van der Waals surface area contributed by atoms with Crippen molar-refractivity contribution < 1.29 is 19.1 Å². The van der Waals surface area contributed by atoms with Crippen LogP contribution in [-0.2, 0) is 11.2 Å². The molecule has 1 atom stereocenters. The summed E-state index contributed by atoms with van der Waals surface area (Å²) < 4.78 is 10.7. The van der Waals surface area contributed by atoms with Crippen LogP contribution in [0.25, 0.3) is 0 Å². The summed E-state index contributed by atoms with van der Waals surface area (Å²) in [6.45, 7) is 4.70. The molecule has 3 heterocycles. The number of aryl methyl sites for hydroxylation is 1. The minimum absolute atomic E-state index is 0.0158. The Balaban J connectivity index is 1.41. The second-order valence-corrected chi connectivity index (χ2v) is 8.41. The van der Waals surface area contributed by atoms with Crippen LogP contribution in [0.5, 0.6) is 11.5 Å². The van der Waals surface area contributed by atoms with Crippen molar-refractivity contribution in [2.24, 2.45) is 0 Å². The Morgan fingerprint density at radius 2 is 1.88 bits per heavy atom. The van der Waals surface area contributed by atoms with Crippen molar-refractivity contribution in [2.75, 3.05) is 40.4 Å². The molecule has 1 aromatic carbocycles. The Kier molecular flexibility index (Phi) is 6.58. The van der Waals surface area contributed by atoms with Crippen molar-refractivity contribution >= 4 is 11.8 Å². The normalized spacial score (nSPS) is 18.2. The molecule has 2 saturated heterocycles. The molecule has 2 fully saturated rings. The number of hydrogen-bond donors (Lipinski definition) is 0. The van der Waals surface area contributed by atoms with E-state index < -0.39 is 0 Å². The highest BCUT2D eigenvalue weighted by atomic mass is 16.5. The average molecular weight is 439 g/mol. The van der Waals surface area contributed by atoms with Gasteiger partial charge in [-0.1, -0.05) is 0 Å². The Morgan fingerprint density at radius 1 is 1.09 bits per heavy atom. The summed E-state index contributed by atoms with van der Waals surface area (Å²) in [5.74, 6) is 2.20. The van der Waals surface area contributed by atoms with E-state index in [9.17, 15) is 9.59 Å². The van der Waals surface area contributed by atoms with Gasteiger partial charge < -0.3 is 19.3 Å². The second-order valence-electron chi connectivity index (χ2n) is 8.41. The quantitative estimate of drug-likeness (QED) is 0.689. The van der Waals surface area contributed by atoms with E-state index in [1.54, 1.807) is 20.4 Å². The third-order valence-electron chi connectivity index (χ3n) is 6.36. The van der Waals surface area contributed by atoms with Gasteiger partial charge in [-0.15, -0.1) is 0 Å². The number of rotatable bonds is 6. The number of aromatic nitrogens is 2. The Bertz CT molecular complexity index is 1000. The predicted molar refractivity (Wildman–Crippen MR) is 119 cm³/mol. The van der Waals surface area contributed by atoms with Crippen molar-refractivity contribution in [3.05, 3.63) is 47.0 Å². The SMILES string of the molecule is COc1ccc(OC)c(CC(=O)N2CC[C@H](c3ncc(C(=O)N4CCCC4)c(C)n3)C2)c1. The van der Waals surface area contributed by atoms with E-state index in [4.69, 9.17) is 9.47 Å². The summed E-state index contributed by atoms with van der Waals surface area (Å²) in [7, 11) is 3.20. The molecule has 0 spiro atoms. The van der Waals surface area contributed by atoms with E-state index in [1.165, 1.54) is 0 Å². The van der Waals surface area contributed by atoms with Crippen LogP contribution in [0.4, 0.5) is 0 Å². The van der Waals surface area contributed by atoms with E-state index >= 15 is 0 Å². The van der Waals surface area contributed by atoms with Crippen molar-refractivity contribution in [1.29, 1.82) is 0 Å². The van der Waals surface area contributed by atoms with Gasteiger partial charge in [-0.2, -0.15) is 0 Å². The van der Waals surface area contributed by atoms with E-state index in [2.05, 4.69) is 9.97 Å². The highest BCUT2D eigenvalue weighted by Crippen LogP contribution is 2.28. The first-order chi connectivity index (χ1) is 15.5. The topological polar surface area (TPSA) is 84.9 Å². The zero-order valence-corrected chi connectivity index (χ0v) is 19.0. The summed E-state index contributed by atoms with van der Waals surface area (Å²) in [6, 6.07) is 5.47. The molecule has 0 aliphatic carbocycles. The standard InChI is InChI=1S/C24H30N4O4/c1-16-20(24(30)27-9-4-5-10-27)14-25-23(26-16)17-8-11-28(15-17)22(29)13-18-12-19(31-2)6-7-21(18)32-3/h6-7,12,14,17H,4-5,8-11,13,15H2,1-3H3/t17-/m0/s1. The van der Waals surface area contributed by atoms with Gasteiger partial charge in [0.05, 0.1) is 31.9 Å². The van der Waals surface area contributed by atoms with E-state index in [0.29, 0.717) is 41.7 Å². The molecule has 4 rings (SSSR count). The molecular weight excluding hydrogens is 408 g/mol. The molecule has 0 unspecified atom stereocenters. The van der Waals surface area contributed by atoms with Gasteiger partial charge in [-0.25, -0.2) is 9.97 Å². The Morgan fingerprint density at radius 3 is 2.56 bits per heavy atom. The Labute approximate surface area is 188 Å². The van der Waals surface area contributed by atoms with Crippen LogP contribution in [0.1, 0.15) is 52.6 Å². The zero-order chi connectivity index (χ0) is 22.7. The molecule has 170 valence electrons. The molecule has 1 aromatic heterocycles. The number of carbonyl (C=O) groups excluding carboxylic acids is 2. The van der Waals surface area contributed by atoms with Crippen LogP contribution in [0.15, 0.2) is 24.4 Å². The smallest absolute Gasteiger partial charge is 0.257 e. The van der Waals surface area contributed by atoms with Crippen molar-refractivity contribution in [2.45, 2.75) is 38.5 Å². The lowest BCUT2D eigenvalue weighted by atomic mass is 10.1. The fourth-order valence-corrected chi connectivity index (χ4v) is 4.47. The van der Waals surface area contributed by atoms with Crippen LogP contribution in [0.2, 0.25) is 0 Å². The minimum atomic E-state index is 0.0158. The Hall–Kier alpha value is -3.16. The molecule has 32 heavy (non-hydrogen) atoms. The molecule has 0 N–H and O–H groups in total. The fraction of sp³-hybridized carbons (Fsp3) is 0.500. The first-order valence-electron chi connectivity index (χ1n) is 11.1. The average Bonchev–Trinajstić information content (AvgIpc) is 3.51. The van der Waals surface area contributed by atoms with Crippen LogP contribution >= 0.6 is 0 Å². The largest absolute Gasteiger partial charge is 0.497 e. The lowest BCUT2D eigenvalue weighted by molar-refractivity contribution is -0.129. The van der Waals surface area contributed by atoms with Gasteiger partial charge in [0.1, 0.15) is 17.3 Å². The number of benzene rings is 1. The lowest BCUT2D eigenvalue weighted by Crippen LogP contribution is -2.30. The van der Waals surface area contributed by atoms with Crippen molar-refractivity contribution in [3.63, 3.8) is 0 Å². The molecule has 8 heteroatoms. The minimum Gasteiger partial charge on any atom is -0.497 e. The molecule has 2 amide bonds. The number of amides is 2. The monoisotopic (exact) mass is 438 g/mol. The van der Waals surface area contributed by atoms with Gasteiger partial charge in [0, 0.05) is 43.9 Å². The molecule has 8 nitrogen and oxygen atoms in total. The summed E-state index contributed by atoms with van der Waals surface area (Å²) in [5, 5.41) is 0. The first kappa shape index (κ1) is 22.0. The van der Waals surface area contributed by atoms with Crippen LogP contribution in [0, 0.1) is 6.92 Å². The number of likely N-dealkylation sites (tertiary alicyclic amines) is 2. The summed E-state index contributed by atoms with van der Waals surface area (Å²) >= 11 is 0. The molecule has 2 aliphatic heterocycles. The third-order valence-corrected chi connectivity index (χ3v) is 6.36. The van der Waals surface area contributed by atoms with Gasteiger partial charge in [-0.3, -0.25) is 9.59 Å². The van der Waals surface area contributed by atoms with Crippen molar-refractivity contribution in [1.82, 2.24) is 19.8 Å². The van der Waals surface area contributed by atoms with Crippen LogP contribution < -0.4 is 9.47 Å². The number of hydrogen-bond acceptors (Lipinski definition) is 6. The lowest BCUT2D eigenvalue weighted by Gasteiger charge is -2.18. The van der Waals surface area contributed by atoms with Gasteiger partial charge in [0.2, 0.25) is 5.91 Å². The molecule has 2 aliphatic rings. The predicted octanol–water partition coefficient (Wildman–Crippen LogP) is 2.60. The van der Waals surface area contributed by atoms with Gasteiger partial charge in [0.25, 0.3) is 5.91 Å². The fourth-order valence-electron chi connectivity index (χ4n) is 4.47.